The molecule has 0 saturated carbocycles. The van der Waals surface area contributed by atoms with Crippen molar-refractivity contribution in [2.75, 3.05) is 0 Å². The Morgan fingerprint density at radius 1 is 1.25 bits per heavy atom. The minimum Gasteiger partial charge on any atom is -0.411 e. The van der Waals surface area contributed by atoms with Crippen LogP contribution in [0.5, 0.6) is 0 Å². The van der Waals surface area contributed by atoms with Crippen LogP contribution in [-0.2, 0) is 0 Å². The molecular weight excluding hydrogens is 150 g/mol. The maximum atomic E-state index is 8.46. The molecular formula is C10H13NO. The summed E-state index contributed by atoms with van der Waals surface area (Å²) in [5.74, 6) is 0.357. The highest BCUT2D eigenvalue weighted by Gasteiger charge is 2.02. The summed E-state index contributed by atoms with van der Waals surface area (Å²) >= 11 is 0. The van der Waals surface area contributed by atoms with Crippen LogP contribution in [-0.4, -0.2) is 10.9 Å². The zero-order chi connectivity index (χ0) is 8.81. The standard InChI is InChI=1S/C10H13NO/c1-9(11-12)8-10-6-4-2-3-5-7-10/h2-7,10,12H,8H2,1H3/b11-9+. The Morgan fingerprint density at radius 2 is 1.83 bits per heavy atom. The lowest BCUT2D eigenvalue weighted by Gasteiger charge is -2.04. The van der Waals surface area contributed by atoms with Crippen molar-refractivity contribution in [2.24, 2.45) is 11.1 Å². The highest BCUT2D eigenvalue weighted by Crippen LogP contribution is 2.11. The Morgan fingerprint density at radius 3 is 2.33 bits per heavy atom. The molecule has 0 fully saturated rings. The number of oxime groups is 1. The maximum absolute atomic E-state index is 8.46. The zero-order valence-corrected chi connectivity index (χ0v) is 7.14. The van der Waals surface area contributed by atoms with Gasteiger partial charge in [0.05, 0.1) is 5.71 Å². The summed E-state index contributed by atoms with van der Waals surface area (Å²) in [6.45, 7) is 1.82. The fourth-order valence-corrected chi connectivity index (χ4v) is 1.12. The molecule has 0 spiro atoms. The molecule has 0 bridgehead atoms. The van der Waals surface area contributed by atoms with E-state index in [1.807, 2.05) is 31.2 Å². The average molecular weight is 163 g/mol. The van der Waals surface area contributed by atoms with E-state index in [0.29, 0.717) is 5.92 Å². The van der Waals surface area contributed by atoms with Crippen LogP contribution in [0.25, 0.3) is 0 Å². The fourth-order valence-electron chi connectivity index (χ4n) is 1.12. The number of allylic oxidation sites excluding steroid dienone is 6. The van der Waals surface area contributed by atoms with E-state index >= 15 is 0 Å². The van der Waals surface area contributed by atoms with Gasteiger partial charge in [0.25, 0.3) is 0 Å². The number of rotatable bonds is 2. The minimum absolute atomic E-state index is 0.357. The molecule has 0 unspecified atom stereocenters. The van der Waals surface area contributed by atoms with E-state index in [1.165, 1.54) is 0 Å². The highest BCUT2D eigenvalue weighted by molar-refractivity contribution is 5.81. The van der Waals surface area contributed by atoms with Crippen LogP contribution in [0.15, 0.2) is 41.6 Å². The number of hydrogen-bond donors (Lipinski definition) is 1. The molecule has 0 amide bonds. The molecule has 0 aliphatic heterocycles. The summed E-state index contributed by atoms with van der Waals surface area (Å²) in [4.78, 5) is 0. The second-order valence-corrected chi connectivity index (χ2v) is 2.86. The number of hydrogen-bond acceptors (Lipinski definition) is 2. The largest absolute Gasteiger partial charge is 0.411 e. The summed E-state index contributed by atoms with van der Waals surface area (Å²) in [6, 6.07) is 0. The molecule has 0 aromatic heterocycles. The number of nitrogens with zero attached hydrogens (tertiary/aromatic N) is 1. The van der Waals surface area contributed by atoms with E-state index in [4.69, 9.17) is 5.21 Å². The van der Waals surface area contributed by atoms with Crippen LogP contribution >= 0.6 is 0 Å². The lowest BCUT2D eigenvalue weighted by atomic mass is 10.0. The molecule has 2 heteroatoms. The molecule has 1 aliphatic carbocycles. The molecule has 2 nitrogen and oxygen atoms in total. The van der Waals surface area contributed by atoms with Crippen molar-refractivity contribution in [2.45, 2.75) is 13.3 Å². The third-order valence-electron chi connectivity index (χ3n) is 1.75. The first-order valence-corrected chi connectivity index (χ1v) is 4.02. The Balaban J connectivity index is 2.53. The SMILES string of the molecule is C/C(CC1C=CC=CC=C1)=N\O. The molecule has 64 valence electrons. The van der Waals surface area contributed by atoms with Crippen LogP contribution < -0.4 is 0 Å². The molecule has 0 aromatic carbocycles. The van der Waals surface area contributed by atoms with Crippen LogP contribution in [0.3, 0.4) is 0 Å². The van der Waals surface area contributed by atoms with Crippen molar-refractivity contribution in [3.63, 3.8) is 0 Å². The van der Waals surface area contributed by atoms with Crippen molar-refractivity contribution in [3.8, 4) is 0 Å². The Kier molecular flexibility index (Phi) is 3.33. The van der Waals surface area contributed by atoms with Crippen LogP contribution in [0.4, 0.5) is 0 Å². The van der Waals surface area contributed by atoms with Crippen molar-refractivity contribution in [1.29, 1.82) is 0 Å². The monoisotopic (exact) mass is 163 g/mol. The third kappa shape index (κ3) is 2.74. The van der Waals surface area contributed by atoms with Gasteiger partial charge in [-0.25, -0.2) is 0 Å². The van der Waals surface area contributed by atoms with E-state index in [1.54, 1.807) is 0 Å². The van der Waals surface area contributed by atoms with E-state index in [-0.39, 0.29) is 0 Å². The lowest BCUT2D eigenvalue weighted by molar-refractivity contribution is 0.317. The van der Waals surface area contributed by atoms with Gasteiger partial charge in [0.2, 0.25) is 0 Å². The second-order valence-electron chi connectivity index (χ2n) is 2.86. The smallest absolute Gasteiger partial charge is 0.0549 e. The molecule has 0 heterocycles. The topological polar surface area (TPSA) is 32.6 Å². The van der Waals surface area contributed by atoms with Gasteiger partial charge in [0, 0.05) is 5.92 Å². The van der Waals surface area contributed by atoms with Gasteiger partial charge in [-0.1, -0.05) is 41.6 Å². The zero-order valence-electron chi connectivity index (χ0n) is 7.14. The molecule has 1 rings (SSSR count). The summed E-state index contributed by atoms with van der Waals surface area (Å²) in [7, 11) is 0. The van der Waals surface area contributed by atoms with Crippen LogP contribution in [0, 0.1) is 5.92 Å². The van der Waals surface area contributed by atoms with Gasteiger partial charge < -0.3 is 5.21 Å². The van der Waals surface area contributed by atoms with Gasteiger partial charge >= 0.3 is 0 Å². The van der Waals surface area contributed by atoms with Crippen LogP contribution in [0.1, 0.15) is 13.3 Å². The molecule has 0 saturated heterocycles. The predicted molar refractivity (Wildman–Crippen MR) is 50.4 cm³/mol. The first-order valence-electron chi connectivity index (χ1n) is 4.02. The average Bonchev–Trinajstić information content (AvgIpc) is 2.33. The van der Waals surface area contributed by atoms with E-state index in [0.717, 1.165) is 12.1 Å². The van der Waals surface area contributed by atoms with Gasteiger partial charge in [-0.2, -0.15) is 0 Å². The molecule has 0 radical (unpaired) electrons. The Labute approximate surface area is 72.6 Å². The van der Waals surface area contributed by atoms with Crippen molar-refractivity contribution in [1.82, 2.24) is 0 Å². The van der Waals surface area contributed by atoms with E-state index < -0.39 is 0 Å². The van der Waals surface area contributed by atoms with Gasteiger partial charge in [0.1, 0.15) is 0 Å². The Bertz CT molecular complexity index is 233. The quantitative estimate of drug-likeness (QED) is 0.378. The lowest BCUT2D eigenvalue weighted by Crippen LogP contribution is -2.00. The van der Waals surface area contributed by atoms with Gasteiger partial charge in [-0.15, -0.1) is 0 Å². The van der Waals surface area contributed by atoms with E-state index in [9.17, 15) is 0 Å². The maximum Gasteiger partial charge on any atom is 0.0549 e. The van der Waals surface area contributed by atoms with Gasteiger partial charge in [-0.3, -0.25) is 0 Å². The summed E-state index contributed by atoms with van der Waals surface area (Å²) in [5, 5.41) is 11.6. The highest BCUT2D eigenvalue weighted by atomic mass is 16.4. The third-order valence-corrected chi connectivity index (χ3v) is 1.75. The summed E-state index contributed by atoms with van der Waals surface area (Å²) in [5.41, 5.74) is 0.760. The van der Waals surface area contributed by atoms with Crippen molar-refractivity contribution < 1.29 is 5.21 Å². The molecule has 0 atom stereocenters. The minimum atomic E-state index is 0.357. The second kappa shape index (κ2) is 4.54. The predicted octanol–water partition coefficient (Wildman–Crippen LogP) is 2.53. The molecule has 1 aliphatic rings. The summed E-state index contributed by atoms with van der Waals surface area (Å²) in [6.07, 6.45) is 13.0. The van der Waals surface area contributed by atoms with Crippen molar-refractivity contribution >= 4 is 5.71 Å². The molecule has 12 heavy (non-hydrogen) atoms. The van der Waals surface area contributed by atoms with E-state index in [2.05, 4.69) is 17.3 Å². The Hall–Kier alpha value is -1.31. The molecule has 0 aromatic rings. The first kappa shape index (κ1) is 8.78. The molecule has 1 N–H and O–H groups in total. The fraction of sp³-hybridized carbons (Fsp3) is 0.300. The normalized spacial score (nSPS) is 18.2. The van der Waals surface area contributed by atoms with Gasteiger partial charge in [0.15, 0.2) is 0 Å². The first-order chi connectivity index (χ1) is 5.83. The van der Waals surface area contributed by atoms with Gasteiger partial charge in [-0.05, 0) is 13.3 Å². The van der Waals surface area contributed by atoms with Crippen LogP contribution in [0.2, 0.25) is 0 Å². The van der Waals surface area contributed by atoms with Crippen molar-refractivity contribution in [3.05, 3.63) is 36.5 Å². The summed E-state index contributed by atoms with van der Waals surface area (Å²) < 4.78 is 0.